The Hall–Kier alpha value is -0.300. The number of aliphatic hydroxyl groups is 1. The van der Waals surface area contributed by atoms with Crippen molar-refractivity contribution in [2.75, 3.05) is 0 Å². The minimum Gasteiger partial charge on any atom is -0.386 e. The topological polar surface area (TPSA) is 20.2 Å². The highest BCUT2D eigenvalue weighted by atomic mass is 16.3. The van der Waals surface area contributed by atoms with Crippen molar-refractivity contribution < 1.29 is 5.11 Å². The van der Waals surface area contributed by atoms with E-state index in [-0.39, 0.29) is 0 Å². The monoisotopic (exact) mass is 252 g/mol. The largest absolute Gasteiger partial charge is 0.386 e. The molecule has 106 valence electrons. The van der Waals surface area contributed by atoms with E-state index in [1.807, 2.05) is 6.92 Å². The maximum atomic E-state index is 10.7. The van der Waals surface area contributed by atoms with Gasteiger partial charge < -0.3 is 5.11 Å². The summed E-state index contributed by atoms with van der Waals surface area (Å²) in [7, 11) is 0. The van der Waals surface area contributed by atoms with Gasteiger partial charge in [0.1, 0.15) is 0 Å². The Kier molecular flexibility index (Phi) is 7.65. The highest BCUT2D eigenvalue weighted by Gasteiger charge is 2.26. The quantitative estimate of drug-likeness (QED) is 0.621. The fourth-order valence-electron chi connectivity index (χ4n) is 2.98. The van der Waals surface area contributed by atoms with Crippen molar-refractivity contribution in [3.63, 3.8) is 0 Å². The van der Waals surface area contributed by atoms with Crippen LogP contribution in [-0.4, -0.2) is 10.7 Å². The van der Waals surface area contributed by atoms with Crippen LogP contribution in [-0.2, 0) is 0 Å². The summed E-state index contributed by atoms with van der Waals surface area (Å²) in [5.41, 5.74) is 0.388. The molecule has 0 atom stereocenters. The Morgan fingerprint density at radius 1 is 0.722 bits per heavy atom. The second-order valence-electron chi connectivity index (χ2n) is 6.20. The average molecular weight is 252 g/mol. The number of hydrogen-bond donors (Lipinski definition) is 1. The molecule has 1 N–H and O–H groups in total. The average Bonchev–Trinajstić information content (AvgIpc) is 2.34. The molecule has 1 saturated carbocycles. The van der Waals surface area contributed by atoms with Gasteiger partial charge in [0.2, 0.25) is 0 Å². The third kappa shape index (κ3) is 6.04. The van der Waals surface area contributed by atoms with Crippen molar-refractivity contribution in [1.82, 2.24) is 0 Å². The van der Waals surface area contributed by atoms with E-state index in [4.69, 9.17) is 0 Å². The lowest BCUT2D eigenvalue weighted by molar-refractivity contribution is 0.0545. The van der Waals surface area contributed by atoms with Crippen LogP contribution in [0.4, 0.5) is 0 Å². The van der Waals surface area contributed by atoms with Crippen LogP contribution < -0.4 is 0 Å². The van der Waals surface area contributed by atoms with Crippen LogP contribution in [0.15, 0.2) is 12.2 Å². The van der Waals surface area contributed by atoms with Gasteiger partial charge in [0.25, 0.3) is 0 Å². The summed E-state index contributed by atoms with van der Waals surface area (Å²) in [6.45, 7) is 5.99. The van der Waals surface area contributed by atoms with Gasteiger partial charge >= 0.3 is 0 Å². The summed E-state index contributed by atoms with van der Waals surface area (Å²) >= 11 is 0. The SMILES string of the molecule is C=C(C)C1(O)CCCCCCCCCCCCC1. The summed E-state index contributed by atoms with van der Waals surface area (Å²) in [4.78, 5) is 0. The van der Waals surface area contributed by atoms with Gasteiger partial charge in [-0.1, -0.05) is 77.2 Å². The standard InChI is InChI=1S/C17H32O/c1-16(2)17(18)14-12-10-8-6-4-3-5-7-9-11-13-15-17/h18H,1,3-15H2,2H3. The van der Waals surface area contributed by atoms with Gasteiger partial charge in [0, 0.05) is 0 Å². The first-order chi connectivity index (χ1) is 8.65. The van der Waals surface area contributed by atoms with Crippen LogP contribution in [0.1, 0.15) is 90.4 Å². The molecule has 0 aromatic heterocycles. The molecule has 0 aromatic carbocycles. The molecule has 0 unspecified atom stereocenters. The third-order valence-corrected chi connectivity index (χ3v) is 4.48. The molecular weight excluding hydrogens is 220 g/mol. The van der Waals surface area contributed by atoms with Crippen molar-refractivity contribution in [3.8, 4) is 0 Å². The van der Waals surface area contributed by atoms with E-state index >= 15 is 0 Å². The van der Waals surface area contributed by atoms with Crippen LogP contribution in [0.2, 0.25) is 0 Å². The van der Waals surface area contributed by atoms with Gasteiger partial charge in [-0.15, -0.1) is 0 Å². The predicted molar refractivity (Wildman–Crippen MR) is 79.8 cm³/mol. The highest BCUT2D eigenvalue weighted by molar-refractivity contribution is 5.08. The van der Waals surface area contributed by atoms with Crippen molar-refractivity contribution >= 4 is 0 Å². The molecular formula is C17H32O. The second-order valence-corrected chi connectivity index (χ2v) is 6.20. The summed E-state index contributed by atoms with van der Waals surface area (Å²) < 4.78 is 0. The minimum absolute atomic E-state index is 0.579. The molecule has 1 aliphatic rings. The van der Waals surface area contributed by atoms with Gasteiger partial charge in [-0.05, 0) is 25.3 Å². The maximum absolute atomic E-state index is 10.7. The van der Waals surface area contributed by atoms with E-state index in [9.17, 15) is 5.11 Å². The molecule has 1 rings (SSSR count). The number of hydrogen-bond acceptors (Lipinski definition) is 1. The molecule has 0 amide bonds. The van der Waals surface area contributed by atoms with Gasteiger partial charge in [0.15, 0.2) is 0 Å². The normalized spacial score (nSPS) is 24.1. The lowest BCUT2D eigenvalue weighted by atomic mass is 9.84. The fourth-order valence-corrected chi connectivity index (χ4v) is 2.98. The Bertz CT molecular complexity index is 218. The van der Waals surface area contributed by atoms with Gasteiger partial charge in [-0.3, -0.25) is 0 Å². The zero-order valence-corrected chi connectivity index (χ0v) is 12.3. The Morgan fingerprint density at radius 2 is 1.00 bits per heavy atom. The van der Waals surface area contributed by atoms with E-state index in [1.54, 1.807) is 0 Å². The molecule has 0 saturated heterocycles. The van der Waals surface area contributed by atoms with Gasteiger partial charge in [-0.25, -0.2) is 0 Å². The highest BCUT2D eigenvalue weighted by Crippen LogP contribution is 2.29. The number of rotatable bonds is 1. The molecule has 1 fully saturated rings. The molecule has 0 radical (unpaired) electrons. The van der Waals surface area contributed by atoms with Crippen LogP contribution >= 0.6 is 0 Å². The lowest BCUT2D eigenvalue weighted by Crippen LogP contribution is -2.29. The zero-order chi connectivity index (χ0) is 13.3. The van der Waals surface area contributed by atoms with Gasteiger partial charge in [-0.2, -0.15) is 0 Å². The van der Waals surface area contributed by atoms with Crippen molar-refractivity contribution in [2.24, 2.45) is 0 Å². The molecule has 1 heteroatoms. The molecule has 0 aromatic rings. The predicted octanol–water partition coefficient (Wildman–Crippen LogP) is 5.38. The zero-order valence-electron chi connectivity index (χ0n) is 12.3. The smallest absolute Gasteiger partial charge is 0.0851 e. The molecule has 0 spiro atoms. The van der Waals surface area contributed by atoms with Crippen molar-refractivity contribution in [2.45, 2.75) is 96.0 Å². The molecule has 1 nitrogen and oxygen atoms in total. The first-order valence-corrected chi connectivity index (χ1v) is 8.03. The molecule has 18 heavy (non-hydrogen) atoms. The molecule has 1 aliphatic carbocycles. The van der Waals surface area contributed by atoms with Crippen LogP contribution in [0.3, 0.4) is 0 Å². The van der Waals surface area contributed by atoms with E-state index < -0.39 is 5.60 Å². The fraction of sp³-hybridized carbons (Fsp3) is 0.882. The van der Waals surface area contributed by atoms with E-state index in [2.05, 4.69) is 6.58 Å². The minimum atomic E-state index is -0.579. The van der Waals surface area contributed by atoms with Crippen LogP contribution in [0.5, 0.6) is 0 Å². The maximum Gasteiger partial charge on any atom is 0.0851 e. The first kappa shape index (κ1) is 15.8. The van der Waals surface area contributed by atoms with Crippen molar-refractivity contribution in [3.05, 3.63) is 12.2 Å². The molecule has 0 bridgehead atoms. The van der Waals surface area contributed by atoms with Crippen LogP contribution in [0.25, 0.3) is 0 Å². The Labute approximate surface area is 114 Å². The van der Waals surface area contributed by atoms with E-state index in [0.29, 0.717) is 0 Å². The summed E-state index contributed by atoms with van der Waals surface area (Å²) in [5.74, 6) is 0. The second kappa shape index (κ2) is 8.74. The van der Waals surface area contributed by atoms with Gasteiger partial charge in [0.05, 0.1) is 5.60 Å². The van der Waals surface area contributed by atoms with E-state index in [1.165, 1.54) is 57.8 Å². The first-order valence-electron chi connectivity index (χ1n) is 8.03. The Morgan fingerprint density at radius 3 is 1.28 bits per heavy atom. The van der Waals surface area contributed by atoms with Crippen LogP contribution in [0, 0.1) is 0 Å². The summed E-state index contributed by atoms with van der Waals surface area (Å²) in [5, 5.41) is 10.7. The Balaban J connectivity index is 2.41. The summed E-state index contributed by atoms with van der Waals surface area (Å²) in [6, 6.07) is 0. The third-order valence-electron chi connectivity index (χ3n) is 4.48. The summed E-state index contributed by atoms with van der Waals surface area (Å²) in [6.07, 6.45) is 16.4. The molecule has 0 heterocycles. The van der Waals surface area contributed by atoms with Crippen molar-refractivity contribution in [1.29, 1.82) is 0 Å². The molecule has 0 aliphatic heterocycles. The van der Waals surface area contributed by atoms with E-state index in [0.717, 1.165) is 31.3 Å². The lowest BCUT2D eigenvalue weighted by Gasteiger charge is -2.29.